The molecule has 0 saturated heterocycles. The third kappa shape index (κ3) is 3.35. The number of nitrogens with one attached hydrogen (secondary N) is 1. The molecule has 126 valence electrons. The molecule has 0 spiro atoms. The quantitative estimate of drug-likeness (QED) is 0.785. The standard InChI is InChI=1S/C16H15BrClN3O2S/c1-21-5-4-9-12(7-21)24-16(13(9)14(19)22)20-15(23)10-6-8(17)2-3-11(10)18/h2-3,6H,4-5,7H2,1H3,(H2,19,22)(H,20,23). The van der Waals surface area contributed by atoms with E-state index < -0.39 is 5.91 Å². The van der Waals surface area contributed by atoms with Crippen molar-refractivity contribution >= 4 is 55.7 Å². The summed E-state index contributed by atoms with van der Waals surface area (Å²) in [7, 11) is 2.02. The Bertz CT molecular complexity index is 837. The minimum absolute atomic E-state index is 0.338. The molecular formula is C16H15BrClN3O2S. The third-order valence-electron chi connectivity index (χ3n) is 3.89. The molecule has 1 aromatic heterocycles. The Morgan fingerprint density at radius 2 is 2.17 bits per heavy atom. The molecule has 0 unspecified atom stereocenters. The zero-order chi connectivity index (χ0) is 17.4. The lowest BCUT2D eigenvalue weighted by Crippen LogP contribution is -2.27. The lowest BCUT2D eigenvalue weighted by molar-refractivity contribution is 0.1000. The Morgan fingerprint density at radius 1 is 1.42 bits per heavy atom. The van der Waals surface area contributed by atoms with Gasteiger partial charge < -0.3 is 16.0 Å². The van der Waals surface area contributed by atoms with Gasteiger partial charge in [-0.1, -0.05) is 27.5 Å². The van der Waals surface area contributed by atoms with Crippen molar-refractivity contribution in [1.82, 2.24) is 4.90 Å². The lowest BCUT2D eigenvalue weighted by Gasteiger charge is -2.22. The maximum atomic E-state index is 12.6. The first-order valence-corrected chi connectivity index (χ1v) is 9.25. The van der Waals surface area contributed by atoms with Crippen molar-refractivity contribution < 1.29 is 9.59 Å². The van der Waals surface area contributed by atoms with E-state index in [0.29, 0.717) is 21.2 Å². The number of carbonyl (C=O) groups is 2. The molecule has 2 aromatic rings. The van der Waals surface area contributed by atoms with E-state index >= 15 is 0 Å². The van der Waals surface area contributed by atoms with E-state index in [1.807, 2.05) is 7.05 Å². The molecule has 24 heavy (non-hydrogen) atoms. The van der Waals surface area contributed by atoms with Crippen LogP contribution in [0, 0.1) is 0 Å². The summed E-state index contributed by atoms with van der Waals surface area (Å²) in [6, 6.07) is 5.04. The smallest absolute Gasteiger partial charge is 0.257 e. The Balaban J connectivity index is 1.96. The fourth-order valence-corrected chi connectivity index (χ4v) is 4.61. The number of rotatable bonds is 3. The highest BCUT2D eigenvalue weighted by Gasteiger charge is 2.27. The second-order valence-electron chi connectivity index (χ2n) is 5.64. The Kier molecular flexibility index (Phi) is 4.96. The van der Waals surface area contributed by atoms with Gasteiger partial charge in [-0.3, -0.25) is 9.59 Å². The molecule has 3 N–H and O–H groups in total. The number of thiophene rings is 1. The highest BCUT2D eigenvalue weighted by Crippen LogP contribution is 2.37. The van der Waals surface area contributed by atoms with Crippen LogP contribution in [-0.4, -0.2) is 30.3 Å². The molecule has 1 aliphatic rings. The van der Waals surface area contributed by atoms with E-state index in [1.54, 1.807) is 18.2 Å². The SMILES string of the molecule is CN1CCc2c(sc(NC(=O)c3cc(Br)ccc3Cl)c2C(N)=O)C1. The van der Waals surface area contributed by atoms with E-state index in [4.69, 9.17) is 17.3 Å². The van der Waals surface area contributed by atoms with Crippen LogP contribution >= 0.6 is 38.9 Å². The maximum Gasteiger partial charge on any atom is 0.257 e. The van der Waals surface area contributed by atoms with Crippen molar-refractivity contribution in [3.05, 3.63) is 49.3 Å². The number of hydrogen-bond donors (Lipinski definition) is 2. The monoisotopic (exact) mass is 427 g/mol. The van der Waals surface area contributed by atoms with Crippen molar-refractivity contribution in [3.8, 4) is 0 Å². The molecule has 2 amide bonds. The van der Waals surface area contributed by atoms with Gasteiger partial charge in [-0.25, -0.2) is 0 Å². The van der Waals surface area contributed by atoms with Gasteiger partial charge in [0.15, 0.2) is 0 Å². The molecule has 2 heterocycles. The van der Waals surface area contributed by atoms with E-state index in [2.05, 4.69) is 26.1 Å². The summed E-state index contributed by atoms with van der Waals surface area (Å²) in [6.45, 7) is 1.60. The van der Waals surface area contributed by atoms with Gasteiger partial charge in [-0.2, -0.15) is 0 Å². The van der Waals surface area contributed by atoms with Crippen LogP contribution in [0.3, 0.4) is 0 Å². The minimum Gasteiger partial charge on any atom is -0.365 e. The lowest BCUT2D eigenvalue weighted by atomic mass is 10.0. The first kappa shape index (κ1) is 17.4. The second kappa shape index (κ2) is 6.84. The number of benzene rings is 1. The summed E-state index contributed by atoms with van der Waals surface area (Å²) in [5, 5.41) is 3.64. The van der Waals surface area contributed by atoms with Gasteiger partial charge >= 0.3 is 0 Å². The van der Waals surface area contributed by atoms with Gasteiger partial charge in [0.25, 0.3) is 11.8 Å². The predicted octanol–water partition coefficient (Wildman–Crippen LogP) is 3.50. The van der Waals surface area contributed by atoms with Crippen molar-refractivity contribution in [2.75, 3.05) is 18.9 Å². The topological polar surface area (TPSA) is 75.4 Å². The second-order valence-corrected chi connectivity index (χ2v) is 8.07. The van der Waals surface area contributed by atoms with Gasteiger partial charge in [0, 0.05) is 22.4 Å². The maximum absolute atomic E-state index is 12.6. The largest absolute Gasteiger partial charge is 0.365 e. The van der Waals surface area contributed by atoms with E-state index in [1.165, 1.54) is 11.3 Å². The summed E-state index contributed by atoms with van der Waals surface area (Å²) >= 11 is 10.8. The van der Waals surface area contributed by atoms with E-state index in [-0.39, 0.29) is 5.91 Å². The number of carbonyl (C=O) groups excluding carboxylic acids is 2. The van der Waals surface area contributed by atoms with Gasteiger partial charge in [0.2, 0.25) is 0 Å². The van der Waals surface area contributed by atoms with Crippen LogP contribution in [0.25, 0.3) is 0 Å². The van der Waals surface area contributed by atoms with Gasteiger partial charge in [-0.15, -0.1) is 11.3 Å². The number of anilines is 1. The average molecular weight is 429 g/mol. The predicted molar refractivity (Wildman–Crippen MR) is 100.0 cm³/mol. The molecule has 0 radical (unpaired) electrons. The van der Waals surface area contributed by atoms with Crippen molar-refractivity contribution in [2.24, 2.45) is 5.73 Å². The van der Waals surface area contributed by atoms with Crippen molar-refractivity contribution in [1.29, 1.82) is 0 Å². The molecular weight excluding hydrogens is 414 g/mol. The molecule has 0 fully saturated rings. The molecule has 0 aliphatic carbocycles. The van der Waals surface area contributed by atoms with Crippen LogP contribution in [0.2, 0.25) is 5.02 Å². The summed E-state index contributed by atoms with van der Waals surface area (Å²) in [6.07, 6.45) is 0.744. The van der Waals surface area contributed by atoms with Crippen LogP contribution in [0.4, 0.5) is 5.00 Å². The number of likely N-dealkylation sites (N-methyl/N-ethyl adjacent to an activating group) is 1. The Labute approximate surface area is 156 Å². The molecule has 0 saturated carbocycles. The number of amides is 2. The molecule has 1 aliphatic heterocycles. The molecule has 8 heteroatoms. The number of nitrogens with two attached hydrogens (primary N) is 1. The van der Waals surface area contributed by atoms with E-state index in [0.717, 1.165) is 34.4 Å². The zero-order valence-electron chi connectivity index (χ0n) is 12.9. The van der Waals surface area contributed by atoms with Crippen LogP contribution in [0.5, 0.6) is 0 Å². The molecule has 3 rings (SSSR count). The highest BCUT2D eigenvalue weighted by atomic mass is 79.9. The Hall–Kier alpha value is -1.41. The molecule has 0 bridgehead atoms. The first-order chi connectivity index (χ1) is 11.4. The third-order valence-corrected chi connectivity index (χ3v) is 5.85. The highest BCUT2D eigenvalue weighted by molar-refractivity contribution is 9.10. The normalized spacial score (nSPS) is 14.3. The van der Waals surface area contributed by atoms with Gasteiger partial charge in [-0.05, 0) is 37.2 Å². The molecule has 1 aromatic carbocycles. The fourth-order valence-electron chi connectivity index (χ4n) is 2.72. The summed E-state index contributed by atoms with van der Waals surface area (Å²) < 4.78 is 0.749. The van der Waals surface area contributed by atoms with Crippen LogP contribution in [-0.2, 0) is 13.0 Å². The fraction of sp³-hybridized carbons (Fsp3) is 0.250. The van der Waals surface area contributed by atoms with E-state index in [9.17, 15) is 9.59 Å². The molecule has 5 nitrogen and oxygen atoms in total. The summed E-state index contributed by atoms with van der Waals surface area (Å²) in [5.74, 6) is -0.886. The van der Waals surface area contributed by atoms with Crippen LogP contribution < -0.4 is 11.1 Å². The zero-order valence-corrected chi connectivity index (χ0v) is 16.0. The summed E-state index contributed by atoms with van der Waals surface area (Å²) in [4.78, 5) is 27.7. The van der Waals surface area contributed by atoms with Crippen LogP contribution in [0.1, 0.15) is 31.2 Å². The van der Waals surface area contributed by atoms with Gasteiger partial charge in [0.05, 0.1) is 16.1 Å². The Morgan fingerprint density at radius 3 is 2.88 bits per heavy atom. The minimum atomic E-state index is -0.521. The van der Waals surface area contributed by atoms with Crippen LogP contribution in [0.15, 0.2) is 22.7 Å². The number of halogens is 2. The first-order valence-electron chi connectivity index (χ1n) is 7.26. The summed E-state index contributed by atoms with van der Waals surface area (Å²) in [5.41, 5.74) is 7.26. The number of hydrogen-bond acceptors (Lipinski definition) is 4. The van der Waals surface area contributed by atoms with Crippen molar-refractivity contribution in [3.63, 3.8) is 0 Å². The number of fused-ring (bicyclic) bond motifs is 1. The molecule has 0 atom stereocenters. The average Bonchev–Trinajstić information content (AvgIpc) is 2.86. The number of nitrogens with zero attached hydrogens (tertiary/aromatic N) is 1. The van der Waals surface area contributed by atoms with Gasteiger partial charge in [0.1, 0.15) is 5.00 Å². The van der Waals surface area contributed by atoms with Crippen molar-refractivity contribution in [2.45, 2.75) is 13.0 Å². The number of primary amides is 1.